The predicted molar refractivity (Wildman–Crippen MR) is 132 cm³/mol. The normalized spacial score (nSPS) is 12.5. The van der Waals surface area contributed by atoms with Crippen molar-refractivity contribution in [3.05, 3.63) is 12.2 Å². The second kappa shape index (κ2) is 24.4. The van der Waals surface area contributed by atoms with Crippen molar-refractivity contribution in [2.45, 2.75) is 142 Å². The standard InChI is InChI=1S/C27H53NO2/c1-4-6-8-9-13-16-20-24-30-25-21-17-14-11-10-12-15-19-23-27(29)28-26(3)22-18-7-5-2/h14,17,26H,4-13,15-16,18-25H2,1-3H3,(H,28,29)/b17-14-/t26-/m1/s1. The van der Waals surface area contributed by atoms with Crippen molar-refractivity contribution < 1.29 is 9.53 Å². The topological polar surface area (TPSA) is 38.3 Å². The molecule has 1 amide bonds. The Morgan fingerprint density at radius 2 is 1.33 bits per heavy atom. The van der Waals surface area contributed by atoms with Gasteiger partial charge in [-0.25, -0.2) is 0 Å². The molecule has 0 aromatic carbocycles. The van der Waals surface area contributed by atoms with Crippen LogP contribution in [-0.4, -0.2) is 25.2 Å². The lowest BCUT2D eigenvalue weighted by molar-refractivity contribution is -0.121. The maximum absolute atomic E-state index is 11.9. The summed E-state index contributed by atoms with van der Waals surface area (Å²) in [5.74, 6) is 0.232. The molecule has 0 unspecified atom stereocenters. The van der Waals surface area contributed by atoms with Crippen LogP contribution in [0.2, 0.25) is 0 Å². The molecule has 0 radical (unpaired) electrons. The van der Waals surface area contributed by atoms with Gasteiger partial charge in [0.25, 0.3) is 0 Å². The van der Waals surface area contributed by atoms with Crippen LogP contribution in [-0.2, 0) is 9.53 Å². The van der Waals surface area contributed by atoms with Crippen molar-refractivity contribution in [2.75, 3.05) is 13.2 Å². The van der Waals surface area contributed by atoms with Crippen molar-refractivity contribution >= 4 is 5.91 Å². The third-order valence-electron chi connectivity index (χ3n) is 5.66. The first kappa shape index (κ1) is 29.2. The molecule has 178 valence electrons. The molecule has 0 heterocycles. The molecule has 0 rings (SSSR count). The van der Waals surface area contributed by atoms with Crippen LogP contribution in [0.5, 0.6) is 0 Å². The molecule has 0 fully saturated rings. The largest absolute Gasteiger partial charge is 0.381 e. The Hall–Kier alpha value is -0.830. The van der Waals surface area contributed by atoms with Crippen LogP contribution < -0.4 is 5.32 Å². The van der Waals surface area contributed by atoms with Gasteiger partial charge in [-0.3, -0.25) is 4.79 Å². The highest BCUT2D eigenvalue weighted by Crippen LogP contribution is 2.08. The number of rotatable bonds is 23. The fraction of sp³-hybridized carbons (Fsp3) is 0.889. The van der Waals surface area contributed by atoms with Gasteiger partial charge < -0.3 is 10.1 Å². The second-order valence-corrected chi connectivity index (χ2v) is 8.91. The Labute approximate surface area is 188 Å². The van der Waals surface area contributed by atoms with Crippen LogP contribution in [0.1, 0.15) is 136 Å². The van der Waals surface area contributed by atoms with Crippen molar-refractivity contribution in [3.63, 3.8) is 0 Å². The summed E-state index contributed by atoms with van der Waals surface area (Å²) in [7, 11) is 0. The van der Waals surface area contributed by atoms with Gasteiger partial charge >= 0.3 is 0 Å². The average molecular weight is 424 g/mol. The molecule has 1 N–H and O–H groups in total. The van der Waals surface area contributed by atoms with E-state index in [1.807, 2.05) is 0 Å². The maximum Gasteiger partial charge on any atom is 0.220 e. The number of unbranched alkanes of at least 4 members (excludes halogenated alkanes) is 12. The molecule has 1 atom stereocenters. The fourth-order valence-electron chi connectivity index (χ4n) is 3.67. The molecular weight excluding hydrogens is 370 g/mol. The van der Waals surface area contributed by atoms with E-state index in [2.05, 4.69) is 38.2 Å². The van der Waals surface area contributed by atoms with Crippen LogP contribution in [0.3, 0.4) is 0 Å². The Balaban J connectivity index is 3.27. The lowest BCUT2D eigenvalue weighted by atomic mass is 10.1. The van der Waals surface area contributed by atoms with Gasteiger partial charge in [-0.05, 0) is 45.4 Å². The first-order chi connectivity index (χ1) is 14.7. The molecule has 0 aromatic rings. The molecular formula is C27H53NO2. The molecule has 0 aliphatic heterocycles. The van der Waals surface area contributed by atoms with E-state index in [-0.39, 0.29) is 5.91 Å². The molecule has 0 aliphatic carbocycles. The lowest BCUT2D eigenvalue weighted by Crippen LogP contribution is -2.32. The Kier molecular flexibility index (Phi) is 23.8. The predicted octanol–water partition coefficient (Wildman–Crippen LogP) is 8.13. The summed E-state index contributed by atoms with van der Waals surface area (Å²) in [4.78, 5) is 11.9. The first-order valence-corrected chi connectivity index (χ1v) is 13.2. The van der Waals surface area contributed by atoms with Crippen molar-refractivity contribution in [3.8, 4) is 0 Å². The molecule has 0 saturated heterocycles. The van der Waals surface area contributed by atoms with Crippen molar-refractivity contribution in [1.82, 2.24) is 5.32 Å². The second-order valence-electron chi connectivity index (χ2n) is 8.91. The number of allylic oxidation sites excluding steroid dienone is 1. The quantitative estimate of drug-likeness (QED) is 0.133. The van der Waals surface area contributed by atoms with E-state index in [0.29, 0.717) is 12.5 Å². The molecule has 30 heavy (non-hydrogen) atoms. The van der Waals surface area contributed by atoms with Gasteiger partial charge in [-0.1, -0.05) is 96.6 Å². The highest BCUT2D eigenvalue weighted by Gasteiger charge is 2.06. The monoisotopic (exact) mass is 423 g/mol. The molecule has 0 saturated carbocycles. The van der Waals surface area contributed by atoms with Crippen LogP contribution in [0.15, 0.2) is 12.2 Å². The third-order valence-corrected chi connectivity index (χ3v) is 5.66. The van der Waals surface area contributed by atoms with Gasteiger partial charge in [0.05, 0.1) is 6.61 Å². The Morgan fingerprint density at radius 1 is 0.733 bits per heavy atom. The third kappa shape index (κ3) is 23.4. The van der Waals surface area contributed by atoms with Crippen LogP contribution in [0.4, 0.5) is 0 Å². The summed E-state index contributed by atoms with van der Waals surface area (Å²) in [5, 5.41) is 3.13. The zero-order chi connectivity index (χ0) is 22.1. The van der Waals surface area contributed by atoms with Crippen molar-refractivity contribution in [2.24, 2.45) is 0 Å². The van der Waals surface area contributed by atoms with Gasteiger partial charge in [-0.2, -0.15) is 0 Å². The van der Waals surface area contributed by atoms with Gasteiger partial charge in [0.1, 0.15) is 0 Å². The number of amides is 1. The minimum Gasteiger partial charge on any atom is -0.381 e. The van der Waals surface area contributed by atoms with Gasteiger partial charge in [0.15, 0.2) is 0 Å². The summed E-state index contributed by atoms with van der Waals surface area (Å²) in [6.07, 6.45) is 26.3. The summed E-state index contributed by atoms with van der Waals surface area (Å²) >= 11 is 0. The van der Waals surface area contributed by atoms with E-state index in [4.69, 9.17) is 4.74 Å². The molecule has 3 nitrogen and oxygen atoms in total. The number of hydrogen-bond acceptors (Lipinski definition) is 2. The van der Waals surface area contributed by atoms with Gasteiger partial charge in [0, 0.05) is 19.1 Å². The molecule has 0 bridgehead atoms. The van der Waals surface area contributed by atoms with E-state index in [0.717, 1.165) is 45.3 Å². The van der Waals surface area contributed by atoms with E-state index < -0.39 is 0 Å². The summed E-state index contributed by atoms with van der Waals surface area (Å²) in [5.41, 5.74) is 0. The van der Waals surface area contributed by atoms with Crippen LogP contribution in [0.25, 0.3) is 0 Å². The minimum atomic E-state index is 0.232. The van der Waals surface area contributed by atoms with E-state index in [1.165, 1.54) is 77.0 Å². The average Bonchev–Trinajstić information content (AvgIpc) is 2.73. The number of carbonyl (C=O) groups excluding carboxylic acids is 1. The summed E-state index contributed by atoms with van der Waals surface area (Å²) in [6.45, 7) is 8.39. The Bertz CT molecular complexity index is 381. The molecule has 0 aromatic heterocycles. The molecule has 0 spiro atoms. The smallest absolute Gasteiger partial charge is 0.220 e. The number of nitrogens with one attached hydrogen (secondary N) is 1. The lowest BCUT2D eigenvalue weighted by Gasteiger charge is -2.13. The van der Waals surface area contributed by atoms with E-state index in [1.54, 1.807) is 0 Å². The highest BCUT2D eigenvalue weighted by atomic mass is 16.5. The molecule has 0 aliphatic rings. The van der Waals surface area contributed by atoms with Crippen LogP contribution >= 0.6 is 0 Å². The number of hydrogen-bond donors (Lipinski definition) is 1. The van der Waals surface area contributed by atoms with E-state index >= 15 is 0 Å². The SMILES string of the molecule is CCCCCCCCCOCC/C=C\CCCCCCC(=O)N[C@H](C)CCCCC. The maximum atomic E-state index is 11.9. The van der Waals surface area contributed by atoms with Gasteiger partial charge in [0.2, 0.25) is 5.91 Å². The number of carbonyl (C=O) groups is 1. The first-order valence-electron chi connectivity index (χ1n) is 13.2. The van der Waals surface area contributed by atoms with Crippen molar-refractivity contribution in [1.29, 1.82) is 0 Å². The zero-order valence-electron chi connectivity index (χ0n) is 20.7. The zero-order valence-corrected chi connectivity index (χ0v) is 20.7. The Morgan fingerprint density at radius 3 is 2.10 bits per heavy atom. The van der Waals surface area contributed by atoms with Crippen LogP contribution in [0, 0.1) is 0 Å². The van der Waals surface area contributed by atoms with Gasteiger partial charge in [-0.15, -0.1) is 0 Å². The summed E-state index contributed by atoms with van der Waals surface area (Å²) in [6, 6.07) is 0.328. The fourth-order valence-corrected chi connectivity index (χ4v) is 3.67. The number of ether oxygens (including phenoxy) is 1. The summed E-state index contributed by atoms with van der Waals surface area (Å²) < 4.78 is 5.71. The van der Waals surface area contributed by atoms with E-state index in [9.17, 15) is 4.79 Å². The highest BCUT2D eigenvalue weighted by molar-refractivity contribution is 5.76. The molecule has 3 heteroatoms. The minimum absolute atomic E-state index is 0.232.